The van der Waals surface area contributed by atoms with E-state index < -0.39 is 0 Å². The van der Waals surface area contributed by atoms with Gasteiger partial charge in [0.05, 0.1) is 0 Å². The molecule has 0 saturated carbocycles. The van der Waals surface area contributed by atoms with Crippen LogP contribution in [0.15, 0.2) is 36.9 Å². The standard InChI is InChI=1S/C16H23NO/c1-3-5-9-14(17-11-4-2)16-12-13-8-6-7-10-15(13)18-16/h3,6-8,10,14,16-17H,1,4-5,9,11-12H2,2H3. The highest BCUT2D eigenvalue weighted by Crippen LogP contribution is 2.30. The van der Waals surface area contributed by atoms with Gasteiger partial charge in [-0.05, 0) is 37.4 Å². The van der Waals surface area contributed by atoms with Gasteiger partial charge in [0.1, 0.15) is 11.9 Å². The lowest BCUT2D eigenvalue weighted by atomic mass is 10.0. The molecule has 0 saturated heterocycles. The Kier molecular flexibility index (Phi) is 4.82. The molecule has 0 spiro atoms. The minimum Gasteiger partial charge on any atom is -0.488 e. The zero-order valence-corrected chi connectivity index (χ0v) is 11.2. The monoisotopic (exact) mass is 245 g/mol. The zero-order valence-electron chi connectivity index (χ0n) is 11.2. The summed E-state index contributed by atoms with van der Waals surface area (Å²) >= 11 is 0. The van der Waals surface area contributed by atoms with Crippen LogP contribution in [-0.4, -0.2) is 18.7 Å². The molecule has 2 heteroatoms. The average Bonchev–Trinajstić information content (AvgIpc) is 2.82. The molecule has 0 fully saturated rings. The Morgan fingerprint density at radius 3 is 3.06 bits per heavy atom. The van der Waals surface area contributed by atoms with Crippen molar-refractivity contribution < 1.29 is 4.74 Å². The highest BCUT2D eigenvalue weighted by molar-refractivity contribution is 5.37. The lowest BCUT2D eigenvalue weighted by molar-refractivity contribution is 0.172. The average molecular weight is 245 g/mol. The molecular formula is C16H23NO. The summed E-state index contributed by atoms with van der Waals surface area (Å²) in [5, 5.41) is 3.61. The van der Waals surface area contributed by atoms with E-state index in [2.05, 4.69) is 37.0 Å². The van der Waals surface area contributed by atoms with Gasteiger partial charge in [0.25, 0.3) is 0 Å². The van der Waals surface area contributed by atoms with Crippen molar-refractivity contribution in [1.82, 2.24) is 5.32 Å². The smallest absolute Gasteiger partial charge is 0.123 e. The number of fused-ring (bicyclic) bond motifs is 1. The molecule has 0 bridgehead atoms. The fourth-order valence-corrected chi connectivity index (χ4v) is 2.48. The SMILES string of the molecule is C=CCCC(NCCC)C1Cc2ccccc2O1. The maximum Gasteiger partial charge on any atom is 0.123 e. The number of allylic oxidation sites excluding steroid dienone is 1. The summed E-state index contributed by atoms with van der Waals surface area (Å²) < 4.78 is 6.07. The Bertz CT molecular complexity index is 363. The van der Waals surface area contributed by atoms with Gasteiger partial charge in [-0.1, -0.05) is 31.2 Å². The fraction of sp³-hybridized carbons (Fsp3) is 0.500. The number of benzene rings is 1. The molecule has 0 aromatic heterocycles. The summed E-state index contributed by atoms with van der Waals surface area (Å²) in [6, 6.07) is 8.79. The first kappa shape index (κ1) is 13.2. The van der Waals surface area contributed by atoms with Gasteiger partial charge in [-0.15, -0.1) is 6.58 Å². The number of para-hydroxylation sites is 1. The van der Waals surface area contributed by atoms with Crippen LogP contribution in [0.5, 0.6) is 5.75 Å². The predicted octanol–water partition coefficient (Wildman–Crippen LogP) is 3.32. The van der Waals surface area contributed by atoms with Gasteiger partial charge in [-0.25, -0.2) is 0 Å². The van der Waals surface area contributed by atoms with Gasteiger partial charge in [-0.2, -0.15) is 0 Å². The molecule has 18 heavy (non-hydrogen) atoms. The first-order valence-corrected chi connectivity index (χ1v) is 6.94. The first-order chi connectivity index (χ1) is 8.85. The van der Waals surface area contributed by atoms with Crippen LogP contribution in [0.25, 0.3) is 0 Å². The Morgan fingerprint density at radius 2 is 2.33 bits per heavy atom. The van der Waals surface area contributed by atoms with Gasteiger partial charge in [-0.3, -0.25) is 0 Å². The van der Waals surface area contributed by atoms with E-state index in [0.717, 1.165) is 38.0 Å². The molecule has 1 heterocycles. The lowest BCUT2D eigenvalue weighted by Crippen LogP contribution is -2.42. The minimum absolute atomic E-state index is 0.272. The first-order valence-electron chi connectivity index (χ1n) is 6.94. The number of hydrogen-bond acceptors (Lipinski definition) is 2. The molecule has 98 valence electrons. The largest absolute Gasteiger partial charge is 0.488 e. The van der Waals surface area contributed by atoms with Crippen molar-refractivity contribution in [2.24, 2.45) is 0 Å². The minimum atomic E-state index is 0.272. The highest BCUT2D eigenvalue weighted by atomic mass is 16.5. The predicted molar refractivity (Wildman–Crippen MR) is 76.1 cm³/mol. The quantitative estimate of drug-likeness (QED) is 0.744. The van der Waals surface area contributed by atoms with E-state index in [1.54, 1.807) is 0 Å². The molecule has 2 rings (SSSR count). The Morgan fingerprint density at radius 1 is 1.50 bits per heavy atom. The summed E-state index contributed by atoms with van der Waals surface area (Å²) in [4.78, 5) is 0. The van der Waals surface area contributed by atoms with Crippen molar-refractivity contribution in [3.63, 3.8) is 0 Å². The topological polar surface area (TPSA) is 21.3 Å². The normalized spacial score (nSPS) is 19.1. The summed E-state index contributed by atoms with van der Waals surface area (Å²) in [7, 11) is 0. The molecule has 1 aromatic rings. The number of ether oxygens (including phenoxy) is 1. The molecule has 1 aromatic carbocycles. The van der Waals surface area contributed by atoms with Crippen LogP contribution in [0.1, 0.15) is 31.7 Å². The second-order valence-electron chi connectivity index (χ2n) is 4.89. The second-order valence-corrected chi connectivity index (χ2v) is 4.89. The van der Waals surface area contributed by atoms with Crippen molar-refractivity contribution in [3.05, 3.63) is 42.5 Å². The van der Waals surface area contributed by atoms with E-state index in [1.807, 2.05) is 12.1 Å². The lowest BCUT2D eigenvalue weighted by Gasteiger charge is -2.24. The molecule has 1 aliphatic heterocycles. The van der Waals surface area contributed by atoms with Crippen molar-refractivity contribution in [2.75, 3.05) is 6.54 Å². The van der Waals surface area contributed by atoms with Crippen molar-refractivity contribution in [2.45, 2.75) is 44.8 Å². The van der Waals surface area contributed by atoms with E-state index in [9.17, 15) is 0 Å². The van der Waals surface area contributed by atoms with Gasteiger partial charge in [0.2, 0.25) is 0 Å². The maximum absolute atomic E-state index is 6.07. The van der Waals surface area contributed by atoms with Crippen LogP contribution in [0.3, 0.4) is 0 Å². The summed E-state index contributed by atoms with van der Waals surface area (Å²) in [6.45, 7) is 7.06. The van der Waals surface area contributed by atoms with Crippen molar-refractivity contribution >= 4 is 0 Å². The highest BCUT2D eigenvalue weighted by Gasteiger charge is 2.29. The third kappa shape index (κ3) is 3.14. The van der Waals surface area contributed by atoms with Crippen molar-refractivity contribution in [3.8, 4) is 5.75 Å². The van der Waals surface area contributed by atoms with E-state index in [4.69, 9.17) is 4.74 Å². The van der Waals surface area contributed by atoms with Crippen LogP contribution < -0.4 is 10.1 Å². The van der Waals surface area contributed by atoms with E-state index >= 15 is 0 Å². The molecule has 0 amide bonds. The molecule has 1 N–H and O–H groups in total. The molecule has 0 radical (unpaired) electrons. The van der Waals surface area contributed by atoms with E-state index in [1.165, 1.54) is 5.56 Å². The number of nitrogens with one attached hydrogen (secondary N) is 1. The number of rotatable bonds is 7. The van der Waals surface area contributed by atoms with E-state index in [0.29, 0.717) is 6.04 Å². The zero-order chi connectivity index (χ0) is 12.8. The van der Waals surface area contributed by atoms with Crippen LogP contribution in [0, 0.1) is 0 Å². The number of hydrogen-bond donors (Lipinski definition) is 1. The summed E-state index contributed by atoms with van der Waals surface area (Å²) in [6.07, 6.45) is 6.58. The van der Waals surface area contributed by atoms with Gasteiger partial charge in [0, 0.05) is 12.5 Å². The Hall–Kier alpha value is -1.28. The van der Waals surface area contributed by atoms with Crippen LogP contribution in [-0.2, 0) is 6.42 Å². The Labute approximate surface area is 110 Å². The van der Waals surface area contributed by atoms with Crippen molar-refractivity contribution in [1.29, 1.82) is 0 Å². The molecule has 2 atom stereocenters. The summed E-state index contributed by atoms with van der Waals surface area (Å²) in [5.74, 6) is 1.06. The van der Waals surface area contributed by atoms with Gasteiger partial charge < -0.3 is 10.1 Å². The van der Waals surface area contributed by atoms with Gasteiger partial charge in [0.15, 0.2) is 0 Å². The molecular weight excluding hydrogens is 222 g/mol. The van der Waals surface area contributed by atoms with Crippen LogP contribution >= 0.6 is 0 Å². The van der Waals surface area contributed by atoms with E-state index in [-0.39, 0.29) is 6.10 Å². The van der Waals surface area contributed by atoms with Crippen LogP contribution in [0.2, 0.25) is 0 Å². The third-order valence-electron chi connectivity index (χ3n) is 3.46. The fourth-order valence-electron chi connectivity index (χ4n) is 2.48. The summed E-state index contributed by atoms with van der Waals surface area (Å²) in [5.41, 5.74) is 1.34. The molecule has 2 unspecified atom stereocenters. The third-order valence-corrected chi connectivity index (χ3v) is 3.46. The second kappa shape index (κ2) is 6.60. The maximum atomic E-state index is 6.07. The van der Waals surface area contributed by atoms with Gasteiger partial charge >= 0.3 is 0 Å². The molecule has 1 aliphatic rings. The van der Waals surface area contributed by atoms with Crippen LogP contribution in [0.4, 0.5) is 0 Å². The Balaban J connectivity index is 1.97. The molecule has 2 nitrogen and oxygen atoms in total. The molecule has 0 aliphatic carbocycles.